The van der Waals surface area contributed by atoms with Crippen LogP contribution in [0.5, 0.6) is 0 Å². The summed E-state index contributed by atoms with van der Waals surface area (Å²) in [6.07, 6.45) is 0.189. The highest BCUT2D eigenvalue weighted by atomic mass is 16.1. The Bertz CT molecular complexity index is 419. The first-order chi connectivity index (χ1) is 7.71. The zero-order valence-corrected chi connectivity index (χ0v) is 11.1. The standard InChI is InChI=1S/C14H22N2O/c1-9-5-6-10(14(2,3)4)7-11(9)12(15)8-13(16)17/h5-7,12H,8,15H2,1-4H3,(H2,16,17). The van der Waals surface area contributed by atoms with Crippen molar-refractivity contribution < 1.29 is 4.79 Å². The van der Waals surface area contributed by atoms with Crippen molar-refractivity contribution in [2.45, 2.75) is 45.6 Å². The second kappa shape index (κ2) is 4.88. The fourth-order valence-corrected chi connectivity index (χ4v) is 1.83. The van der Waals surface area contributed by atoms with Gasteiger partial charge in [0.25, 0.3) is 0 Å². The molecule has 0 spiro atoms. The molecule has 0 aliphatic heterocycles. The van der Waals surface area contributed by atoms with E-state index in [2.05, 4.69) is 39.0 Å². The smallest absolute Gasteiger partial charge is 0.219 e. The van der Waals surface area contributed by atoms with Crippen molar-refractivity contribution >= 4 is 5.91 Å². The average molecular weight is 234 g/mol. The molecule has 1 aromatic carbocycles. The van der Waals surface area contributed by atoms with Gasteiger partial charge < -0.3 is 11.5 Å². The molecule has 1 rings (SSSR count). The van der Waals surface area contributed by atoms with Gasteiger partial charge in [-0.05, 0) is 29.0 Å². The first-order valence-electron chi connectivity index (χ1n) is 5.86. The number of aryl methyl sites for hydroxylation is 1. The first-order valence-corrected chi connectivity index (χ1v) is 5.86. The number of carbonyl (C=O) groups excluding carboxylic acids is 1. The third-order valence-electron chi connectivity index (χ3n) is 2.97. The minimum atomic E-state index is -0.363. The highest BCUT2D eigenvalue weighted by molar-refractivity contribution is 5.74. The van der Waals surface area contributed by atoms with Crippen molar-refractivity contribution in [1.29, 1.82) is 0 Å². The van der Waals surface area contributed by atoms with E-state index in [0.717, 1.165) is 11.1 Å². The van der Waals surface area contributed by atoms with Crippen LogP contribution in [-0.2, 0) is 10.2 Å². The lowest BCUT2D eigenvalue weighted by atomic mass is 9.84. The molecule has 1 atom stereocenters. The zero-order valence-electron chi connectivity index (χ0n) is 11.1. The van der Waals surface area contributed by atoms with Gasteiger partial charge in [-0.25, -0.2) is 0 Å². The van der Waals surface area contributed by atoms with Crippen LogP contribution in [0.2, 0.25) is 0 Å². The van der Waals surface area contributed by atoms with E-state index in [1.807, 2.05) is 6.92 Å². The molecule has 3 nitrogen and oxygen atoms in total. The molecule has 0 aliphatic carbocycles. The summed E-state index contributed by atoms with van der Waals surface area (Å²) in [5, 5.41) is 0. The van der Waals surface area contributed by atoms with Gasteiger partial charge in [0.05, 0.1) is 0 Å². The number of hydrogen-bond donors (Lipinski definition) is 2. The summed E-state index contributed by atoms with van der Waals surface area (Å²) < 4.78 is 0. The van der Waals surface area contributed by atoms with Crippen molar-refractivity contribution in [3.63, 3.8) is 0 Å². The molecule has 0 heterocycles. The Labute approximate surface area is 103 Å². The maximum atomic E-state index is 10.9. The van der Waals surface area contributed by atoms with Crippen molar-refractivity contribution in [3.05, 3.63) is 34.9 Å². The minimum Gasteiger partial charge on any atom is -0.370 e. The Kier molecular flexibility index (Phi) is 3.94. The van der Waals surface area contributed by atoms with Gasteiger partial charge in [0.1, 0.15) is 0 Å². The van der Waals surface area contributed by atoms with E-state index in [9.17, 15) is 4.79 Å². The monoisotopic (exact) mass is 234 g/mol. The van der Waals surface area contributed by atoms with Crippen molar-refractivity contribution in [3.8, 4) is 0 Å². The first kappa shape index (κ1) is 13.7. The number of hydrogen-bond acceptors (Lipinski definition) is 2. The fraction of sp³-hybridized carbons (Fsp3) is 0.500. The molecule has 0 bridgehead atoms. The average Bonchev–Trinajstić information content (AvgIpc) is 2.15. The predicted octanol–water partition coefficient (Wildman–Crippen LogP) is 2.17. The molecule has 0 aliphatic rings. The molecular formula is C14H22N2O. The number of nitrogens with two attached hydrogens (primary N) is 2. The SMILES string of the molecule is Cc1ccc(C(C)(C)C)cc1C(N)CC(N)=O. The quantitative estimate of drug-likeness (QED) is 0.841. The molecule has 0 saturated heterocycles. The van der Waals surface area contributed by atoms with Gasteiger partial charge in [0, 0.05) is 12.5 Å². The molecule has 94 valence electrons. The zero-order chi connectivity index (χ0) is 13.2. The third kappa shape index (κ3) is 3.56. The van der Waals surface area contributed by atoms with Gasteiger partial charge in [0.15, 0.2) is 0 Å². The van der Waals surface area contributed by atoms with Gasteiger partial charge in [-0.1, -0.05) is 39.0 Å². The molecule has 1 unspecified atom stereocenters. The Hall–Kier alpha value is -1.35. The second-order valence-corrected chi connectivity index (χ2v) is 5.60. The van der Waals surface area contributed by atoms with E-state index in [-0.39, 0.29) is 23.8 Å². The third-order valence-corrected chi connectivity index (χ3v) is 2.97. The van der Waals surface area contributed by atoms with Crippen LogP contribution >= 0.6 is 0 Å². The summed E-state index contributed by atoms with van der Waals surface area (Å²) in [6, 6.07) is 5.94. The number of benzene rings is 1. The van der Waals surface area contributed by atoms with Crippen LogP contribution in [0.1, 0.15) is 49.9 Å². The van der Waals surface area contributed by atoms with E-state index in [0.29, 0.717) is 0 Å². The lowest BCUT2D eigenvalue weighted by molar-refractivity contribution is -0.118. The van der Waals surface area contributed by atoms with Crippen molar-refractivity contribution in [2.24, 2.45) is 11.5 Å². The maximum Gasteiger partial charge on any atom is 0.219 e. The summed E-state index contributed by atoms with van der Waals surface area (Å²) >= 11 is 0. The van der Waals surface area contributed by atoms with Gasteiger partial charge in [-0.15, -0.1) is 0 Å². The van der Waals surface area contributed by atoms with Crippen LogP contribution in [0.4, 0.5) is 0 Å². The fourth-order valence-electron chi connectivity index (χ4n) is 1.83. The van der Waals surface area contributed by atoms with Gasteiger partial charge >= 0.3 is 0 Å². The predicted molar refractivity (Wildman–Crippen MR) is 70.6 cm³/mol. The molecule has 0 aromatic heterocycles. The Morgan fingerprint density at radius 2 is 1.94 bits per heavy atom. The number of amides is 1. The van der Waals surface area contributed by atoms with E-state index in [1.54, 1.807) is 0 Å². The van der Waals surface area contributed by atoms with Gasteiger partial charge in [-0.2, -0.15) is 0 Å². The maximum absolute atomic E-state index is 10.9. The summed E-state index contributed by atoms with van der Waals surface area (Å²) in [5.41, 5.74) is 14.6. The Balaban J connectivity index is 3.10. The van der Waals surface area contributed by atoms with E-state index >= 15 is 0 Å². The van der Waals surface area contributed by atoms with Crippen LogP contribution in [0.15, 0.2) is 18.2 Å². The second-order valence-electron chi connectivity index (χ2n) is 5.60. The van der Waals surface area contributed by atoms with E-state index < -0.39 is 0 Å². The molecule has 0 radical (unpaired) electrons. The minimum absolute atomic E-state index is 0.0783. The van der Waals surface area contributed by atoms with Crippen LogP contribution in [0.25, 0.3) is 0 Å². The van der Waals surface area contributed by atoms with Crippen LogP contribution < -0.4 is 11.5 Å². The molecule has 0 fully saturated rings. The molecule has 4 N–H and O–H groups in total. The molecular weight excluding hydrogens is 212 g/mol. The topological polar surface area (TPSA) is 69.1 Å². The van der Waals surface area contributed by atoms with E-state index in [4.69, 9.17) is 11.5 Å². The number of primary amides is 1. The van der Waals surface area contributed by atoms with Gasteiger partial charge in [0.2, 0.25) is 5.91 Å². The summed E-state index contributed by atoms with van der Waals surface area (Å²) in [5.74, 6) is -0.363. The van der Waals surface area contributed by atoms with Crippen LogP contribution in [-0.4, -0.2) is 5.91 Å². The summed E-state index contributed by atoms with van der Waals surface area (Å²) in [6.45, 7) is 8.46. The highest BCUT2D eigenvalue weighted by Gasteiger charge is 2.17. The van der Waals surface area contributed by atoms with Crippen molar-refractivity contribution in [1.82, 2.24) is 0 Å². The van der Waals surface area contributed by atoms with Crippen molar-refractivity contribution in [2.75, 3.05) is 0 Å². The Morgan fingerprint density at radius 3 is 2.41 bits per heavy atom. The number of rotatable bonds is 3. The van der Waals surface area contributed by atoms with Crippen LogP contribution in [0.3, 0.4) is 0 Å². The lowest BCUT2D eigenvalue weighted by Gasteiger charge is -2.22. The molecule has 3 heteroatoms. The summed E-state index contributed by atoms with van der Waals surface area (Å²) in [7, 11) is 0. The largest absolute Gasteiger partial charge is 0.370 e. The van der Waals surface area contributed by atoms with Gasteiger partial charge in [-0.3, -0.25) is 4.79 Å². The Morgan fingerprint density at radius 1 is 1.35 bits per heavy atom. The molecule has 1 aromatic rings. The lowest BCUT2D eigenvalue weighted by Crippen LogP contribution is -2.22. The highest BCUT2D eigenvalue weighted by Crippen LogP contribution is 2.27. The normalized spacial score (nSPS) is 13.5. The number of carbonyl (C=O) groups is 1. The van der Waals surface area contributed by atoms with E-state index in [1.165, 1.54) is 5.56 Å². The summed E-state index contributed by atoms with van der Waals surface area (Å²) in [4.78, 5) is 10.9. The van der Waals surface area contributed by atoms with Crippen LogP contribution in [0, 0.1) is 6.92 Å². The molecule has 17 heavy (non-hydrogen) atoms. The molecule has 0 saturated carbocycles. The molecule has 1 amide bonds.